The molecule has 0 aliphatic heterocycles. The molecule has 0 aromatic heterocycles. The lowest BCUT2D eigenvalue weighted by Gasteiger charge is -2.20. The lowest BCUT2D eigenvalue weighted by atomic mass is 9.85. The standard InChI is InChI=1S/C52H42/c1-32-27-39-9-5-6-10-43(39)46-12-8-13-47(50(32)46)48-14-7-11-45(51(48)34-17-18-34)40-24-22-35-28-36(20-21-37(35)29-40)38-19-15-33-16-23-41-30-42(52(2,3)4)25-26-44(41)49(33)31-38/h5-16,19-31,34H,17-18H2,1-4H3. The van der Waals surface area contributed by atoms with Crippen LogP contribution in [-0.2, 0) is 5.41 Å². The number of hydrogen-bond acceptors (Lipinski definition) is 0. The Morgan fingerprint density at radius 3 is 1.83 bits per heavy atom. The number of aryl methyl sites for hydroxylation is 1. The van der Waals surface area contributed by atoms with Crippen molar-refractivity contribution in [2.45, 2.75) is 51.9 Å². The fourth-order valence-corrected chi connectivity index (χ4v) is 8.76. The van der Waals surface area contributed by atoms with Crippen molar-refractivity contribution in [2.24, 2.45) is 0 Å². The molecule has 10 rings (SSSR count). The molecule has 0 spiro atoms. The van der Waals surface area contributed by atoms with Gasteiger partial charge in [-0.1, -0.05) is 154 Å². The van der Waals surface area contributed by atoms with Crippen LogP contribution in [0.15, 0.2) is 152 Å². The van der Waals surface area contributed by atoms with Crippen molar-refractivity contribution >= 4 is 53.9 Å². The van der Waals surface area contributed by atoms with E-state index in [4.69, 9.17) is 0 Å². The SMILES string of the molecule is Cc1cc2ccccc2c2cccc(-c3cccc(-c4ccc5cc(-c6ccc7ccc8cc(C(C)(C)C)ccc8c7c6)ccc5c4)c3C3CC3)c12. The molecule has 250 valence electrons. The Hall–Kier alpha value is -5.72. The van der Waals surface area contributed by atoms with Crippen LogP contribution < -0.4 is 0 Å². The van der Waals surface area contributed by atoms with Gasteiger partial charge < -0.3 is 0 Å². The minimum absolute atomic E-state index is 0.129. The highest BCUT2D eigenvalue weighted by Gasteiger charge is 2.30. The van der Waals surface area contributed by atoms with E-state index in [1.54, 1.807) is 0 Å². The summed E-state index contributed by atoms with van der Waals surface area (Å²) in [5.41, 5.74) is 12.3. The topological polar surface area (TPSA) is 0 Å². The van der Waals surface area contributed by atoms with Crippen molar-refractivity contribution in [1.82, 2.24) is 0 Å². The van der Waals surface area contributed by atoms with Crippen LogP contribution in [-0.4, -0.2) is 0 Å². The fourth-order valence-electron chi connectivity index (χ4n) is 8.76. The fraction of sp³-hybridized carbons (Fsp3) is 0.154. The largest absolute Gasteiger partial charge is 0.0616 e. The summed E-state index contributed by atoms with van der Waals surface area (Å²) in [7, 11) is 0. The number of rotatable bonds is 4. The van der Waals surface area contributed by atoms with Crippen LogP contribution in [0.3, 0.4) is 0 Å². The zero-order valence-corrected chi connectivity index (χ0v) is 30.4. The summed E-state index contributed by atoms with van der Waals surface area (Å²) < 4.78 is 0. The minimum Gasteiger partial charge on any atom is -0.0616 e. The van der Waals surface area contributed by atoms with Gasteiger partial charge in [-0.25, -0.2) is 0 Å². The predicted octanol–water partition coefficient (Wildman–Crippen LogP) is 14.9. The smallest absolute Gasteiger partial charge is 0.00696 e. The van der Waals surface area contributed by atoms with Gasteiger partial charge in [-0.15, -0.1) is 0 Å². The number of benzene rings is 9. The first-order valence-electron chi connectivity index (χ1n) is 18.9. The maximum Gasteiger partial charge on any atom is -0.00696 e. The van der Waals surface area contributed by atoms with Crippen LogP contribution in [0.2, 0.25) is 0 Å². The van der Waals surface area contributed by atoms with E-state index in [9.17, 15) is 0 Å². The Bertz CT molecular complexity index is 2890. The quantitative estimate of drug-likeness (QED) is 0.164. The van der Waals surface area contributed by atoms with E-state index >= 15 is 0 Å². The first-order chi connectivity index (χ1) is 25.3. The molecule has 1 fully saturated rings. The van der Waals surface area contributed by atoms with Crippen molar-refractivity contribution in [1.29, 1.82) is 0 Å². The van der Waals surface area contributed by atoms with E-state index in [-0.39, 0.29) is 5.41 Å². The van der Waals surface area contributed by atoms with Gasteiger partial charge in [-0.2, -0.15) is 0 Å². The van der Waals surface area contributed by atoms with Crippen LogP contribution in [0.5, 0.6) is 0 Å². The van der Waals surface area contributed by atoms with E-state index in [2.05, 4.69) is 179 Å². The van der Waals surface area contributed by atoms with Crippen LogP contribution in [0.4, 0.5) is 0 Å². The van der Waals surface area contributed by atoms with Gasteiger partial charge in [0, 0.05) is 0 Å². The molecule has 0 bridgehead atoms. The predicted molar refractivity (Wildman–Crippen MR) is 226 cm³/mol. The monoisotopic (exact) mass is 666 g/mol. The van der Waals surface area contributed by atoms with Crippen molar-refractivity contribution < 1.29 is 0 Å². The maximum atomic E-state index is 2.41. The molecule has 52 heavy (non-hydrogen) atoms. The lowest BCUT2D eigenvalue weighted by Crippen LogP contribution is -2.10. The first-order valence-corrected chi connectivity index (χ1v) is 18.9. The van der Waals surface area contributed by atoms with Gasteiger partial charge in [0.25, 0.3) is 0 Å². The maximum absolute atomic E-state index is 2.41. The van der Waals surface area contributed by atoms with Gasteiger partial charge in [0.05, 0.1) is 0 Å². The molecule has 0 heterocycles. The zero-order chi connectivity index (χ0) is 35.1. The molecule has 0 atom stereocenters. The van der Waals surface area contributed by atoms with Gasteiger partial charge in [0.2, 0.25) is 0 Å². The average Bonchev–Trinajstić information content (AvgIpc) is 4.02. The highest BCUT2D eigenvalue weighted by Crippen LogP contribution is 2.50. The van der Waals surface area contributed by atoms with Gasteiger partial charge in [0.15, 0.2) is 0 Å². The normalized spacial score (nSPS) is 13.5. The van der Waals surface area contributed by atoms with Gasteiger partial charge in [-0.3, -0.25) is 0 Å². The second kappa shape index (κ2) is 11.7. The molecule has 0 radical (unpaired) electrons. The highest BCUT2D eigenvalue weighted by molar-refractivity contribution is 6.14. The Labute approximate surface area is 306 Å². The third-order valence-electron chi connectivity index (χ3n) is 11.7. The van der Waals surface area contributed by atoms with E-state index in [1.165, 1.54) is 117 Å². The molecule has 1 aliphatic carbocycles. The molecule has 0 N–H and O–H groups in total. The third-order valence-corrected chi connectivity index (χ3v) is 11.7. The van der Waals surface area contributed by atoms with Crippen LogP contribution in [0.1, 0.15) is 56.2 Å². The van der Waals surface area contributed by atoms with Crippen molar-refractivity contribution in [3.8, 4) is 33.4 Å². The average molecular weight is 667 g/mol. The zero-order valence-electron chi connectivity index (χ0n) is 30.4. The van der Waals surface area contributed by atoms with E-state index in [0.29, 0.717) is 5.92 Å². The summed E-state index contributed by atoms with van der Waals surface area (Å²) >= 11 is 0. The molecule has 0 heteroatoms. The van der Waals surface area contributed by atoms with Gasteiger partial charge >= 0.3 is 0 Å². The Kier molecular flexibility index (Phi) is 6.96. The third kappa shape index (κ3) is 5.12. The highest BCUT2D eigenvalue weighted by atomic mass is 14.3. The molecular weight excluding hydrogens is 625 g/mol. The Balaban J connectivity index is 1.06. The summed E-state index contributed by atoms with van der Waals surface area (Å²) in [4.78, 5) is 0. The molecule has 9 aromatic carbocycles. The summed E-state index contributed by atoms with van der Waals surface area (Å²) in [6, 6.07) is 57.6. The van der Waals surface area contributed by atoms with E-state index in [0.717, 1.165) is 0 Å². The second-order valence-corrected chi connectivity index (χ2v) is 16.1. The van der Waals surface area contributed by atoms with Crippen LogP contribution in [0.25, 0.3) is 87.2 Å². The molecule has 0 saturated heterocycles. The molecule has 0 amide bonds. The first kappa shape index (κ1) is 31.1. The van der Waals surface area contributed by atoms with Crippen molar-refractivity contribution in [3.63, 3.8) is 0 Å². The van der Waals surface area contributed by atoms with Crippen LogP contribution in [0, 0.1) is 6.92 Å². The van der Waals surface area contributed by atoms with Crippen LogP contribution >= 0.6 is 0 Å². The Morgan fingerprint density at radius 2 is 1.02 bits per heavy atom. The minimum atomic E-state index is 0.129. The summed E-state index contributed by atoms with van der Waals surface area (Å²) in [5, 5.41) is 13.1. The van der Waals surface area contributed by atoms with Crippen molar-refractivity contribution in [3.05, 3.63) is 168 Å². The Morgan fingerprint density at radius 1 is 0.423 bits per heavy atom. The summed E-state index contributed by atoms with van der Waals surface area (Å²) in [6.07, 6.45) is 2.51. The lowest BCUT2D eigenvalue weighted by molar-refractivity contribution is 0.591. The van der Waals surface area contributed by atoms with Gasteiger partial charge in [0.1, 0.15) is 0 Å². The molecule has 0 unspecified atom stereocenters. The summed E-state index contributed by atoms with van der Waals surface area (Å²) in [5.74, 6) is 0.601. The number of fused-ring (bicyclic) bond motifs is 7. The summed E-state index contributed by atoms with van der Waals surface area (Å²) in [6.45, 7) is 9.13. The van der Waals surface area contributed by atoms with Gasteiger partial charge in [-0.05, 0) is 153 Å². The molecular formula is C52H42. The molecule has 0 nitrogen and oxygen atoms in total. The molecule has 9 aromatic rings. The van der Waals surface area contributed by atoms with Crippen molar-refractivity contribution in [2.75, 3.05) is 0 Å². The molecule has 1 saturated carbocycles. The van der Waals surface area contributed by atoms with E-state index in [1.807, 2.05) is 0 Å². The van der Waals surface area contributed by atoms with E-state index < -0.39 is 0 Å². The number of hydrogen-bond donors (Lipinski definition) is 0. The second-order valence-electron chi connectivity index (χ2n) is 16.1. The molecule has 1 aliphatic rings.